The number of carbonyl (C=O) groups is 2. The number of amides is 2. The average molecular weight is 351 g/mol. The van der Waals surface area contributed by atoms with Crippen molar-refractivity contribution in [3.05, 3.63) is 20.8 Å². The molecule has 8 heteroatoms. The molecule has 1 rings (SSSR count). The molecule has 0 aliphatic carbocycles. The van der Waals surface area contributed by atoms with Crippen LogP contribution in [-0.2, 0) is 11.3 Å². The number of nitrogens with zero attached hydrogens (tertiary/aromatic N) is 1. The molecule has 1 atom stereocenters. The Labute approximate surface area is 123 Å². The lowest BCUT2D eigenvalue weighted by atomic mass is 10.2. The molecule has 0 aliphatic rings. The summed E-state index contributed by atoms with van der Waals surface area (Å²) in [4.78, 5) is 24.6. The quantitative estimate of drug-likeness (QED) is 0.724. The van der Waals surface area contributed by atoms with Crippen molar-refractivity contribution in [2.75, 3.05) is 13.6 Å². The van der Waals surface area contributed by atoms with Gasteiger partial charge in [0.25, 0.3) is 0 Å². The number of thiophene rings is 1. The zero-order chi connectivity index (χ0) is 14.4. The van der Waals surface area contributed by atoms with E-state index in [4.69, 9.17) is 10.2 Å². The van der Waals surface area contributed by atoms with Crippen LogP contribution in [-0.4, -0.2) is 46.8 Å². The molecule has 106 valence electrons. The van der Waals surface area contributed by atoms with Gasteiger partial charge < -0.3 is 20.4 Å². The minimum absolute atomic E-state index is 0.0144. The number of carbonyl (C=O) groups excluding carboxylic acids is 1. The summed E-state index contributed by atoms with van der Waals surface area (Å²) in [6, 6.07) is 1.63. The topological polar surface area (TPSA) is 89.9 Å². The Morgan fingerprint density at radius 1 is 1.58 bits per heavy atom. The highest BCUT2D eigenvalue weighted by Crippen LogP contribution is 2.20. The summed E-state index contributed by atoms with van der Waals surface area (Å²) >= 11 is 4.88. The second kappa shape index (κ2) is 7.46. The van der Waals surface area contributed by atoms with Crippen LogP contribution < -0.4 is 5.32 Å². The number of aliphatic hydroxyl groups is 1. The van der Waals surface area contributed by atoms with E-state index >= 15 is 0 Å². The fraction of sp³-hybridized carbons (Fsp3) is 0.455. The number of hydrogen-bond donors (Lipinski definition) is 3. The maximum atomic E-state index is 11.7. The molecule has 0 saturated heterocycles. The van der Waals surface area contributed by atoms with Crippen LogP contribution in [0.4, 0.5) is 4.79 Å². The predicted molar refractivity (Wildman–Crippen MR) is 75.1 cm³/mol. The number of aliphatic carboxylic acids is 1. The molecule has 0 bridgehead atoms. The van der Waals surface area contributed by atoms with Gasteiger partial charge in [0.2, 0.25) is 0 Å². The normalized spacial score (nSPS) is 11.9. The smallest absolute Gasteiger partial charge is 0.332 e. The molecule has 0 unspecified atom stereocenters. The van der Waals surface area contributed by atoms with Crippen molar-refractivity contribution in [2.45, 2.75) is 19.1 Å². The van der Waals surface area contributed by atoms with Gasteiger partial charge in [-0.3, -0.25) is 0 Å². The minimum Gasteiger partial charge on any atom is -0.479 e. The second-order valence-electron chi connectivity index (χ2n) is 3.96. The van der Waals surface area contributed by atoms with Crippen LogP contribution in [0, 0.1) is 0 Å². The van der Waals surface area contributed by atoms with Crippen LogP contribution in [0.3, 0.4) is 0 Å². The first-order valence-corrected chi connectivity index (χ1v) is 7.20. The Bertz CT molecular complexity index is 452. The second-order valence-corrected chi connectivity index (χ2v) is 5.87. The number of urea groups is 1. The van der Waals surface area contributed by atoms with Gasteiger partial charge in [0.1, 0.15) is 0 Å². The first-order chi connectivity index (χ1) is 8.90. The fourth-order valence-electron chi connectivity index (χ4n) is 1.32. The number of hydrogen-bond acceptors (Lipinski definition) is 4. The summed E-state index contributed by atoms with van der Waals surface area (Å²) in [6.07, 6.45) is -1.46. The first kappa shape index (κ1) is 15.9. The monoisotopic (exact) mass is 350 g/mol. The third-order valence-electron chi connectivity index (χ3n) is 2.34. The molecule has 0 aromatic carbocycles. The van der Waals surface area contributed by atoms with E-state index < -0.39 is 12.1 Å². The van der Waals surface area contributed by atoms with Crippen LogP contribution in [0.2, 0.25) is 0 Å². The largest absolute Gasteiger partial charge is 0.479 e. The Balaban J connectivity index is 2.31. The number of rotatable bonds is 6. The van der Waals surface area contributed by atoms with Gasteiger partial charge in [0.15, 0.2) is 6.10 Å². The van der Waals surface area contributed by atoms with Gasteiger partial charge in [-0.05, 0) is 22.0 Å². The molecule has 2 amide bonds. The van der Waals surface area contributed by atoms with Gasteiger partial charge >= 0.3 is 12.0 Å². The van der Waals surface area contributed by atoms with E-state index in [1.165, 1.54) is 4.90 Å². The highest BCUT2D eigenvalue weighted by molar-refractivity contribution is 9.10. The molecule has 0 saturated carbocycles. The van der Waals surface area contributed by atoms with Crippen molar-refractivity contribution >= 4 is 39.3 Å². The molecule has 0 fully saturated rings. The van der Waals surface area contributed by atoms with Gasteiger partial charge in [-0.15, -0.1) is 11.3 Å². The standard InChI is InChI=1S/C11H15BrN2O4S/c1-14(5-8-4-7(12)6-19-8)11(18)13-3-2-9(15)10(16)17/h4,6,9,15H,2-3,5H2,1H3,(H,13,18)(H,16,17)/t9-/m0/s1. The van der Waals surface area contributed by atoms with Gasteiger partial charge in [-0.1, -0.05) is 0 Å². The SMILES string of the molecule is CN(Cc1cc(Br)cs1)C(=O)NCC[C@H](O)C(=O)O. The van der Waals surface area contributed by atoms with E-state index in [1.54, 1.807) is 18.4 Å². The number of nitrogens with one attached hydrogen (secondary N) is 1. The molecule has 19 heavy (non-hydrogen) atoms. The minimum atomic E-state index is -1.45. The fourth-order valence-corrected chi connectivity index (χ4v) is 2.82. The number of carboxylic acid groups (broad SMARTS) is 1. The van der Waals surface area contributed by atoms with E-state index in [0.717, 1.165) is 9.35 Å². The molecule has 1 heterocycles. The zero-order valence-electron chi connectivity index (χ0n) is 10.3. The summed E-state index contributed by atoms with van der Waals surface area (Å²) in [6.45, 7) is 0.592. The number of aliphatic hydroxyl groups excluding tert-OH is 1. The van der Waals surface area contributed by atoms with Gasteiger partial charge in [0.05, 0.1) is 6.54 Å². The number of carboxylic acids is 1. The lowest BCUT2D eigenvalue weighted by Gasteiger charge is -2.17. The molecule has 6 nitrogen and oxygen atoms in total. The summed E-state index contributed by atoms with van der Waals surface area (Å²) in [5.41, 5.74) is 0. The van der Waals surface area contributed by atoms with Crippen LogP contribution in [0.15, 0.2) is 15.9 Å². The van der Waals surface area contributed by atoms with Crippen molar-refractivity contribution < 1.29 is 19.8 Å². The Morgan fingerprint density at radius 2 is 2.26 bits per heavy atom. The summed E-state index contributed by atoms with van der Waals surface area (Å²) in [7, 11) is 1.65. The first-order valence-electron chi connectivity index (χ1n) is 5.53. The van der Waals surface area contributed by atoms with Gasteiger partial charge in [-0.25, -0.2) is 9.59 Å². The summed E-state index contributed by atoms with van der Waals surface area (Å²) in [5, 5.41) is 22.0. The van der Waals surface area contributed by atoms with Gasteiger partial charge in [-0.2, -0.15) is 0 Å². The van der Waals surface area contributed by atoms with E-state index in [0.29, 0.717) is 6.54 Å². The summed E-state index contributed by atoms with van der Waals surface area (Å²) in [5.74, 6) is -1.29. The van der Waals surface area contributed by atoms with E-state index in [1.807, 2.05) is 11.4 Å². The lowest BCUT2D eigenvalue weighted by molar-refractivity contribution is -0.146. The molecule has 3 N–H and O–H groups in total. The Hall–Kier alpha value is -1.12. The Morgan fingerprint density at radius 3 is 2.79 bits per heavy atom. The molecular weight excluding hydrogens is 336 g/mol. The van der Waals surface area contributed by atoms with E-state index in [2.05, 4.69) is 21.2 Å². The lowest BCUT2D eigenvalue weighted by Crippen LogP contribution is -2.38. The third kappa shape index (κ3) is 5.58. The maximum absolute atomic E-state index is 11.7. The molecule has 0 aliphatic heterocycles. The molecular formula is C11H15BrN2O4S. The zero-order valence-corrected chi connectivity index (χ0v) is 12.7. The van der Waals surface area contributed by atoms with E-state index in [-0.39, 0.29) is 19.0 Å². The van der Waals surface area contributed by atoms with Crippen molar-refractivity contribution in [1.29, 1.82) is 0 Å². The highest BCUT2D eigenvalue weighted by Gasteiger charge is 2.14. The molecule has 0 spiro atoms. The predicted octanol–water partition coefficient (Wildman–Crippen LogP) is 1.49. The van der Waals surface area contributed by atoms with Crippen molar-refractivity contribution in [3.63, 3.8) is 0 Å². The third-order valence-corrected chi connectivity index (χ3v) is 4.02. The van der Waals surface area contributed by atoms with Crippen LogP contribution in [0.5, 0.6) is 0 Å². The van der Waals surface area contributed by atoms with Crippen molar-refractivity contribution in [2.24, 2.45) is 0 Å². The van der Waals surface area contributed by atoms with Crippen LogP contribution in [0.1, 0.15) is 11.3 Å². The highest BCUT2D eigenvalue weighted by atomic mass is 79.9. The van der Waals surface area contributed by atoms with Crippen LogP contribution in [0.25, 0.3) is 0 Å². The van der Waals surface area contributed by atoms with Crippen molar-refractivity contribution in [3.8, 4) is 0 Å². The summed E-state index contributed by atoms with van der Waals surface area (Å²) < 4.78 is 0.978. The number of halogens is 1. The van der Waals surface area contributed by atoms with Gasteiger partial charge in [0, 0.05) is 34.7 Å². The average Bonchev–Trinajstić information content (AvgIpc) is 2.74. The molecule has 1 aromatic rings. The molecule has 1 aromatic heterocycles. The Kier molecular flexibility index (Phi) is 6.26. The maximum Gasteiger partial charge on any atom is 0.332 e. The van der Waals surface area contributed by atoms with Crippen LogP contribution >= 0.6 is 27.3 Å². The van der Waals surface area contributed by atoms with Crippen molar-refractivity contribution in [1.82, 2.24) is 10.2 Å². The van der Waals surface area contributed by atoms with E-state index in [9.17, 15) is 9.59 Å². The molecule has 0 radical (unpaired) electrons.